The third kappa shape index (κ3) is 5.94. The second-order valence-corrected chi connectivity index (χ2v) is 12.8. The van der Waals surface area contributed by atoms with Gasteiger partial charge in [0.15, 0.2) is 5.82 Å². The minimum atomic E-state index is 0.710. The number of hydrogen-bond acceptors (Lipinski definition) is 4. The van der Waals surface area contributed by atoms with Gasteiger partial charge in [-0.3, -0.25) is 4.98 Å². The number of pyridine rings is 2. The van der Waals surface area contributed by atoms with Crippen molar-refractivity contribution in [3.05, 3.63) is 182 Å². The predicted molar refractivity (Wildman–Crippen MR) is 210 cm³/mol. The zero-order valence-electron chi connectivity index (χ0n) is 28.0. The molecule has 4 nitrogen and oxygen atoms in total. The van der Waals surface area contributed by atoms with Gasteiger partial charge in [0.1, 0.15) is 0 Å². The van der Waals surface area contributed by atoms with E-state index in [4.69, 9.17) is 19.9 Å². The summed E-state index contributed by atoms with van der Waals surface area (Å²) in [5.74, 6) is 0.710. The molecule has 0 N–H and O–H groups in total. The van der Waals surface area contributed by atoms with Crippen molar-refractivity contribution in [1.82, 2.24) is 19.9 Å². The number of nitrogens with zero attached hydrogens (tertiary/aromatic N) is 4. The molecule has 4 heteroatoms. The Morgan fingerprint density at radius 3 is 1.53 bits per heavy atom. The van der Waals surface area contributed by atoms with Crippen LogP contribution < -0.4 is 0 Å². The van der Waals surface area contributed by atoms with Gasteiger partial charge in [-0.25, -0.2) is 15.0 Å². The fraction of sp³-hybridized carbons (Fsp3) is 0.0213. The van der Waals surface area contributed by atoms with E-state index >= 15 is 0 Å². The Morgan fingerprint density at radius 2 is 0.863 bits per heavy atom. The molecule has 3 heterocycles. The molecular weight excluding hydrogens is 621 g/mol. The van der Waals surface area contributed by atoms with Crippen LogP contribution in [0, 0.1) is 6.92 Å². The lowest BCUT2D eigenvalue weighted by Crippen LogP contribution is -1.95. The molecule has 51 heavy (non-hydrogen) atoms. The fourth-order valence-corrected chi connectivity index (χ4v) is 6.73. The Morgan fingerprint density at radius 1 is 0.333 bits per heavy atom. The summed E-state index contributed by atoms with van der Waals surface area (Å²) in [6.07, 6.45) is 0. The second-order valence-electron chi connectivity index (χ2n) is 12.8. The molecule has 3 aromatic heterocycles. The molecule has 0 spiro atoms. The summed E-state index contributed by atoms with van der Waals surface area (Å²) in [6.45, 7) is 2.03. The highest BCUT2D eigenvalue weighted by molar-refractivity contribution is 6.09. The first-order valence-electron chi connectivity index (χ1n) is 17.1. The van der Waals surface area contributed by atoms with Gasteiger partial charge in [0, 0.05) is 38.7 Å². The van der Waals surface area contributed by atoms with E-state index in [-0.39, 0.29) is 0 Å². The fourth-order valence-electron chi connectivity index (χ4n) is 6.73. The van der Waals surface area contributed by atoms with Gasteiger partial charge >= 0.3 is 0 Å². The number of benzene rings is 6. The second kappa shape index (κ2) is 12.9. The Kier molecular flexibility index (Phi) is 7.67. The summed E-state index contributed by atoms with van der Waals surface area (Å²) < 4.78 is 0. The van der Waals surface area contributed by atoms with Crippen LogP contribution >= 0.6 is 0 Å². The van der Waals surface area contributed by atoms with Gasteiger partial charge < -0.3 is 0 Å². The summed E-state index contributed by atoms with van der Waals surface area (Å²) >= 11 is 0. The first kappa shape index (κ1) is 30.3. The molecule has 0 aliphatic rings. The first-order chi connectivity index (χ1) is 25.2. The molecule has 0 saturated carbocycles. The molecule has 0 aliphatic heterocycles. The number of rotatable bonds is 6. The highest BCUT2D eigenvalue weighted by Gasteiger charge is 2.15. The van der Waals surface area contributed by atoms with Crippen LogP contribution in [0.15, 0.2) is 176 Å². The largest absolute Gasteiger partial charge is 0.251 e. The Labute approximate surface area is 296 Å². The Bertz CT molecular complexity index is 2610. The summed E-state index contributed by atoms with van der Waals surface area (Å²) in [7, 11) is 0. The summed E-state index contributed by atoms with van der Waals surface area (Å²) in [6, 6.07) is 61.1. The van der Waals surface area contributed by atoms with Crippen LogP contribution in [0.1, 0.15) is 5.69 Å². The molecule has 0 saturated heterocycles. The van der Waals surface area contributed by atoms with E-state index < -0.39 is 0 Å². The van der Waals surface area contributed by atoms with E-state index in [1.54, 1.807) is 0 Å². The van der Waals surface area contributed by atoms with Gasteiger partial charge in [0.25, 0.3) is 0 Å². The standard InChI is InChI=1S/C47H32N4/c1-31-20-21-36-26-27-40-41(29-42(33-12-5-2-6-13-33)49-46(40)45(36)48-31)39-19-11-18-38(28-39)32-22-24-35(25-23-32)44-30-43(34-14-7-3-8-15-34)50-47(51-44)37-16-9-4-10-17-37/h2-30H,1H3. The Balaban J connectivity index is 1.13. The molecule has 9 aromatic rings. The molecule has 0 unspecified atom stereocenters. The molecule has 6 aromatic carbocycles. The van der Waals surface area contributed by atoms with Crippen molar-refractivity contribution >= 4 is 21.8 Å². The van der Waals surface area contributed by atoms with Crippen LogP contribution in [0.3, 0.4) is 0 Å². The average molecular weight is 653 g/mol. The van der Waals surface area contributed by atoms with E-state index in [0.29, 0.717) is 5.82 Å². The number of fused-ring (bicyclic) bond motifs is 3. The SMILES string of the molecule is Cc1ccc2ccc3c(-c4cccc(-c5ccc(-c6cc(-c7ccccc7)nc(-c7ccccc7)n6)cc5)c4)cc(-c4ccccc4)nc3c2n1. The van der Waals surface area contributed by atoms with Crippen molar-refractivity contribution < 1.29 is 0 Å². The molecule has 0 fully saturated rings. The van der Waals surface area contributed by atoms with Crippen molar-refractivity contribution in [3.8, 4) is 67.4 Å². The van der Waals surface area contributed by atoms with Crippen LogP contribution in [-0.2, 0) is 0 Å². The monoisotopic (exact) mass is 652 g/mol. The van der Waals surface area contributed by atoms with E-state index in [2.05, 4.69) is 133 Å². The van der Waals surface area contributed by atoms with Gasteiger partial charge in [0.2, 0.25) is 0 Å². The summed E-state index contributed by atoms with van der Waals surface area (Å²) in [5, 5.41) is 2.17. The first-order valence-corrected chi connectivity index (χ1v) is 17.1. The van der Waals surface area contributed by atoms with Crippen molar-refractivity contribution in [2.24, 2.45) is 0 Å². The lowest BCUT2D eigenvalue weighted by Gasteiger charge is -2.14. The highest BCUT2D eigenvalue weighted by atomic mass is 14.9. The summed E-state index contributed by atoms with van der Waals surface area (Å²) in [5.41, 5.74) is 14.2. The average Bonchev–Trinajstić information content (AvgIpc) is 3.21. The van der Waals surface area contributed by atoms with Crippen LogP contribution in [-0.4, -0.2) is 19.9 Å². The van der Waals surface area contributed by atoms with Gasteiger partial charge in [-0.2, -0.15) is 0 Å². The Hall–Kier alpha value is -6.78. The van der Waals surface area contributed by atoms with Gasteiger partial charge in [-0.05, 0) is 53.4 Å². The predicted octanol–water partition coefficient (Wildman–Crippen LogP) is 11.9. The number of aromatic nitrogens is 4. The van der Waals surface area contributed by atoms with Crippen LogP contribution in [0.2, 0.25) is 0 Å². The van der Waals surface area contributed by atoms with Crippen molar-refractivity contribution in [2.45, 2.75) is 6.92 Å². The number of hydrogen-bond donors (Lipinski definition) is 0. The quantitative estimate of drug-likeness (QED) is 0.168. The maximum atomic E-state index is 5.20. The van der Waals surface area contributed by atoms with Crippen LogP contribution in [0.5, 0.6) is 0 Å². The molecule has 0 bridgehead atoms. The van der Waals surface area contributed by atoms with Crippen LogP contribution in [0.25, 0.3) is 89.2 Å². The van der Waals surface area contributed by atoms with E-state index in [1.165, 1.54) is 0 Å². The molecular formula is C47H32N4. The number of aryl methyl sites for hydroxylation is 1. The third-order valence-electron chi connectivity index (χ3n) is 9.36. The van der Waals surface area contributed by atoms with Crippen molar-refractivity contribution in [2.75, 3.05) is 0 Å². The van der Waals surface area contributed by atoms with Crippen molar-refractivity contribution in [3.63, 3.8) is 0 Å². The van der Waals surface area contributed by atoms with Crippen LogP contribution in [0.4, 0.5) is 0 Å². The molecule has 0 amide bonds. The van der Waals surface area contributed by atoms with Gasteiger partial charge in [-0.1, -0.05) is 152 Å². The van der Waals surface area contributed by atoms with Gasteiger partial charge in [-0.15, -0.1) is 0 Å². The highest BCUT2D eigenvalue weighted by Crippen LogP contribution is 2.37. The summed E-state index contributed by atoms with van der Waals surface area (Å²) in [4.78, 5) is 20.1. The zero-order chi connectivity index (χ0) is 34.1. The maximum Gasteiger partial charge on any atom is 0.160 e. The molecule has 0 aliphatic carbocycles. The molecule has 240 valence electrons. The molecule has 0 atom stereocenters. The van der Waals surface area contributed by atoms with E-state index in [0.717, 1.165) is 89.1 Å². The third-order valence-corrected chi connectivity index (χ3v) is 9.36. The zero-order valence-corrected chi connectivity index (χ0v) is 28.0. The smallest absolute Gasteiger partial charge is 0.160 e. The van der Waals surface area contributed by atoms with Gasteiger partial charge in [0.05, 0.1) is 28.1 Å². The lowest BCUT2D eigenvalue weighted by molar-refractivity contribution is 1.18. The van der Waals surface area contributed by atoms with Crippen molar-refractivity contribution in [1.29, 1.82) is 0 Å². The topological polar surface area (TPSA) is 51.6 Å². The molecule has 0 radical (unpaired) electrons. The lowest BCUT2D eigenvalue weighted by atomic mass is 9.94. The molecule has 9 rings (SSSR count). The maximum absolute atomic E-state index is 5.20. The van der Waals surface area contributed by atoms with E-state index in [1.807, 2.05) is 49.4 Å². The van der Waals surface area contributed by atoms with E-state index in [9.17, 15) is 0 Å². The minimum Gasteiger partial charge on any atom is -0.251 e. The minimum absolute atomic E-state index is 0.710. The normalized spacial score (nSPS) is 11.2.